The number of rotatable bonds is 4. The molecule has 0 aromatic heterocycles. The average Bonchev–Trinajstić information content (AvgIpc) is 3.01. The van der Waals surface area contributed by atoms with Crippen molar-refractivity contribution in [3.8, 4) is 11.1 Å². The van der Waals surface area contributed by atoms with Gasteiger partial charge in [0.1, 0.15) is 0 Å². The van der Waals surface area contributed by atoms with Crippen LogP contribution >= 0.6 is 12.4 Å². The van der Waals surface area contributed by atoms with Gasteiger partial charge < -0.3 is 11.1 Å². The fraction of sp³-hybridized carbons (Fsp3) is 0.278. The van der Waals surface area contributed by atoms with Gasteiger partial charge in [-0.2, -0.15) is 0 Å². The van der Waals surface area contributed by atoms with Crippen LogP contribution in [0.2, 0.25) is 0 Å². The second-order valence-electron chi connectivity index (χ2n) is 5.64. The monoisotopic (exact) mass is 316 g/mol. The van der Waals surface area contributed by atoms with Crippen LogP contribution in [-0.2, 0) is 6.42 Å². The van der Waals surface area contributed by atoms with Gasteiger partial charge in [0, 0.05) is 11.6 Å². The lowest BCUT2D eigenvalue weighted by Gasteiger charge is -2.10. The number of carbonyl (C=O) groups is 1. The van der Waals surface area contributed by atoms with Crippen molar-refractivity contribution in [2.24, 2.45) is 5.73 Å². The molecule has 1 aliphatic rings. The quantitative estimate of drug-likeness (QED) is 0.910. The van der Waals surface area contributed by atoms with Gasteiger partial charge in [-0.3, -0.25) is 4.79 Å². The summed E-state index contributed by atoms with van der Waals surface area (Å²) < 4.78 is 0. The van der Waals surface area contributed by atoms with Crippen LogP contribution in [0.1, 0.15) is 28.8 Å². The number of amides is 1. The Bertz CT molecular complexity index is 617. The smallest absolute Gasteiger partial charge is 0.248 e. The van der Waals surface area contributed by atoms with Gasteiger partial charge in [-0.25, -0.2) is 0 Å². The first-order valence-corrected chi connectivity index (χ1v) is 7.45. The van der Waals surface area contributed by atoms with Crippen molar-refractivity contribution in [2.75, 3.05) is 6.54 Å². The molecule has 3 rings (SSSR count). The van der Waals surface area contributed by atoms with Crippen molar-refractivity contribution in [3.63, 3.8) is 0 Å². The molecule has 0 aliphatic carbocycles. The Morgan fingerprint density at radius 3 is 2.14 bits per heavy atom. The zero-order valence-electron chi connectivity index (χ0n) is 12.4. The average molecular weight is 317 g/mol. The number of benzene rings is 2. The van der Waals surface area contributed by atoms with Gasteiger partial charge in [0.2, 0.25) is 5.91 Å². The SMILES string of the molecule is Cl.NC(=O)c1ccc(-c2ccc(CC3CCCN3)cc2)cc1. The molecule has 3 nitrogen and oxygen atoms in total. The normalized spacial score (nSPS) is 17.0. The van der Waals surface area contributed by atoms with Gasteiger partial charge in [-0.1, -0.05) is 36.4 Å². The van der Waals surface area contributed by atoms with E-state index in [9.17, 15) is 4.79 Å². The number of hydrogen-bond acceptors (Lipinski definition) is 2. The highest BCUT2D eigenvalue weighted by atomic mass is 35.5. The van der Waals surface area contributed by atoms with Crippen LogP contribution in [0.15, 0.2) is 48.5 Å². The molecule has 4 heteroatoms. The zero-order chi connectivity index (χ0) is 14.7. The van der Waals surface area contributed by atoms with Crippen molar-refractivity contribution < 1.29 is 4.79 Å². The van der Waals surface area contributed by atoms with Crippen molar-refractivity contribution in [1.82, 2.24) is 5.32 Å². The highest BCUT2D eigenvalue weighted by Gasteiger charge is 2.14. The van der Waals surface area contributed by atoms with Crippen LogP contribution in [0.3, 0.4) is 0 Å². The van der Waals surface area contributed by atoms with E-state index in [1.165, 1.54) is 18.4 Å². The lowest BCUT2D eigenvalue weighted by Crippen LogP contribution is -2.23. The van der Waals surface area contributed by atoms with E-state index >= 15 is 0 Å². The highest BCUT2D eigenvalue weighted by molar-refractivity contribution is 5.93. The van der Waals surface area contributed by atoms with E-state index in [0.717, 1.165) is 24.1 Å². The highest BCUT2D eigenvalue weighted by Crippen LogP contribution is 2.21. The summed E-state index contributed by atoms with van der Waals surface area (Å²) in [4.78, 5) is 11.1. The van der Waals surface area contributed by atoms with E-state index in [1.807, 2.05) is 12.1 Å². The molecule has 2 aromatic carbocycles. The van der Waals surface area contributed by atoms with E-state index in [1.54, 1.807) is 12.1 Å². The molecule has 0 bridgehead atoms. The van der Waals surface area contributed by atoms with Gasteiger partial charge in [-0.15, -0.1) is 12.4 Å². The van der Waals surface area contributed by atoms with E-state index in [4.69, 9.17) is 5.73 Å². The van der Waals surface area contributed by atoms with E-state index in [2.05, 4.69) is 29.6 Å². The van der Waals surface area contributed by atoms with Crippen LogP contribution < -0.4 is 11.1 Å². The summed E-state index contributed by atoms with van der Waals surface area (Å²) in [5, 5.41) is 3.52. The van der Waals surface area contributed by atoms with Gasteiger partial charge in [0.05, 0.1) is 0 Å². The van der Waals surface area contributed by atoms with E-state index in [0.29, 0.717) is 11.6 Å². The summed E-state index contributed by atoms with van der Waals surface area (Å²) in [7, 11) is 0. The molecule has 1 unspecified atom stereocenters. The third-order valence-electron chi connectivity index (χ3n) is 4.10. The second-order valence-corrected chi connectivity index (χ2v) is 5.64. The lowest BCUT2D eigenvalue weighted by atomic mass is 9.99. The maximum atomic E-state index is 11.1. The number of nitrogens with two attached hydrogens (primary N) is 1. The first-order valence-electron chi connectivity index (χ1n) is 7.45. The Labute approximate surface area is 137 Å². The molecular weight excluding hydrogens is 296 g/mol. The Kier molecular flexibility index (Phi) is 5.58. The summed E-state index contributed by atoms with van der Waals surface area (Å²) in [6, 6.07) is 16.7. The van der Waals surface area contributed by atoms with Crippen LogP contribution in [-0.4, -0.2) is 18.5 Å². The molecule has 1 amide bonds. The molecule has 0 saturated carbocycles. The maximum absolute atomic E-state index is 11.1. The molecule has 1 fully saturated rings. The second kappa shape index (κ2) is 7.43. The van der Waals surface area contributed by atoms with Crippen LogP contribution in [0, 0.1) is 0 Å². The van der Waals surface area contributed by atoms with Crippen molar-refractivity contribution >= 4 is 18.3 Å². The third-order valence-corrected chi connectivity index (χ3v) is 4.10. The third kappa shape index (κ3) is 3.87. The maximum Gasteiger partial charge on any atom is 0.248 e. The number of halogens is 1. The predicted molar refractivity (Wildman–Crippen MR) is 92.4 cm³/mol. The van der Waals surface area contributed by atoms with Gasteiger partial charge in [-0.05, 0) is 54.6 Å². The van der Waals surface area contributed by atoms with E-state index in [-0.39, 0.29) is 18.3 Å². The summed E-state index contributed by atoms with van der Waals surface area (Å²) in [6.45, 7) is 1.15. The fourth-order valence-electron chi connectivity index (χ4n) is 2.88. The molecule has 0 spiro atoms. The minimum atomic E-state index is -0.388. The topological polar surface area (TPSA) is 55.1 Å². The molecule has 116 valence electrons. The van der Waals surface area contributed by atoms with Crippen LogP contribution in [0.5, 0.6) is 0 Å². The summed E-state index contributed by atoms with van der Waals surface area (Å²) >= 11 is 0. The largest absolute Gasteiger partial charge is 0.366 e. The Hall–Kier alpha value is -1.84. The molecule has 22 heavy (non-hydrogen) atoms. The number of nitrogens with one attached hydrogen (secondary N) is 1. The zero-order valence-corrected chi connectivity index (χ0v) is 13.2. The first kappa shape index (κ1) is 16.5. The minimum Gasteiger partial charge on any atom is -0.366 e. The summed E-state index contributed by atoms with van der Waals surface area (Å²) in [6.07, 6.45) is 3.66. The van der Waals surface area contributed by atoms with Crippen molar-refractivity contribution in [3.05, 3.63) is 59.7 Å². The summed E-state index contributed by atoms with van der Waals surface area (Å²) in [5.41, 5.74) is 9.43. The van der Waals surface area contributed by atoms with Crippen molar-refractivity contribution in [1.29, 1.82) is 0 Å². The fourth-order valence-corrected chi connectivity index (χ4v) is 2.88. The number of carbonyl (C=O) groups excluding carboxylic acids is 1. The Morgan fingerprint density at radius 1 is 1.05 bits per heavy atom. The van der Waals surface area contributed by atoms with Gasteiger partial charge >= 0.3 is 0 Å². The van der Waals surface area contributed by atoms with E-state index < -0.39 is 0 Å². The standard InChI is InChI=1S/C18H20N2O.ClH/c19-18(21)16-9-7-15(8-10-16)14-5-3-13(4-6-14)12-17-2-1-11-20-17;/h3-10,17,20H,1-2,11-12H2,(H2,19,21);1H. The molecule has 3 N–H and O–H groups in total. The number of hydrogen-bond donors (Lipinski definition) is 2. The number of primary amides is 1. The van der Waals surface area contributed by atoms with Crippen LogP contribution in [0.4, 0.5) is 0 Å². The lowest BCUT2D eigenvalue weighted by molar-refractivity contribution is 0.100. The van der Waals surface area contributed by atoms with Gasteiger partial charge in [0.15, 0.2) is 0 Å². The van der Waals surface area contributed by atoms with Crippen LogP contribution in [0.25, 0.3) is 11.1 Å². The molecule has 1 atom stereocenters. The first-order chi connectivity index (χ1) is 10.2. The minimum absolute atomic E-state index is 0. The molecule has 1 saturated heterocycles. The predicted octanol–water partition coefficient (Wildman–Crippen LogP) is 3.17. The molecule has 1 heterocycles. The molecule has 0 radical (unpaired) electrons. The molecule has 1 aliphatic heterocycles. The molecule has 2 aromatic rings. The molecular formula is C18H21ClN2O. The van der Waals surface area contributed by atoms with Gasteiger partial charge in [0.25, 0.3) is 0 Å². The Balaban J connectivity index is 0.00000176. The summed E-state index contributed by atoms with van der Waals surface area (Å²) in [5.74, 6) is -0.388. The van der Waals surface area contributed by atoms with Crippen molar-refractivity contribution in [2.45, 2.75) is 25.3 Å². The Morgan fingerprint density at radius 2 is 1.64 bits per heavy atom.